The van der Waals surface area contributed by atoms with Crippen LogP contribution >= 0.6 is 22.7 Å². The summed E-state index contributed by atoms with van der Waals surface area (Å²) in [5.41, 5.74) is 2.51. The Balaban J connectivity index is 1.66. The summed E-state index contributed by atoms with van der Waals surface area (Å²) in [4.78, 5) is 7.44. The molecule has 2 aromatic heterocycles. The molecule has 3 rings (SSSR count). The molecule has 2 aromatic rings. The Kier molecular flexibility index (Phi) is 4.86. The molecule has 0 bridgehead atoms. The Labute approximate surface area is 129 Å². The number of hydrogen-bond donors (Lipinski definition) is 0. The highest BCUT2D eigenvalue weighted by Gasteiger charge is 2.20. The molecular weight excluding hydrogens is 284 g/mol. The first-order valence-corrected chi connectivity index (χ1v) is 9.40. The average molecular weight is 307 g/mol. The van der Waals surface area contributed by atoms with E-state index in [1.54, 1.807) is 22.7 Å². The minimum Gasteiger partial charge on any atom is -0.295 e. The van der Waals surface area contributed by atoms with Crippen LogP contribution in [0.15, 0.2) is 22.2 Å². The second kappa shape index (κ2) is 6.83. The molecule has 0 aliphatic heterocycles. The van der Waals surface area contributed by atoms with Crippen LogP contribution in [-0.2, 0) is 6.54 Å². The first kappa shape index (κ1) is 14.2. The van der Waals surface area contributed by atoms with Crippen molar-refractivity contribution >= 4 is 22.7 Å². The van der Waals surface area contributed by atoms with Crippen molar-refractivity contribution in [3.05, 3.63) is 27.9 Å². The van der Waals surface area contributed by atoms with Crippen LogP contribution in [0.4, 0.5) is 0 Å². The third-order valence-electron chi connectivity index (χ3n) is 4.18. The van der Waals surface area contributed by atoms with Crippen molar-refractivity contribution in [2.24, 2.45) is 0 Å². The molecule has 20 heavy (non-hydrogen) atoms. The number of hydrogen-bond acceptors (Lipinski definition) is 4. The molecule has 0 aromatic carbocycles. The molecule has 0 N–H and O–H groups in total. The lowest BCUT2D eigenvalue weighted by molar-refractivity contribution is 0.154. The van der Waals surface area contributed by atoms with Crippen molar-refractivity contribution in [1.29, 1.82) is 0 Å². The SMILES string of the molecule is CCN(Cc1csc(-c2ccsc2)n1)C1CCCCC1. The lowest BCUT2D eigenvalue weighted by atomic mass is 9.94. The summed E-state index contributed by atoms with van der Waals surface area (Å²) in [6, 6.07) is 2.94. The zero-order valence-electron chi connectivity index (χ0n) is 12.0. The predicted molar refractivity (Wildman–Crippen MR) is 88.4 cm³/mol. The first-order chi connectivity index (χ1) is 9.86. The number of thiophene rings is 1. The van der Waals surface area contributed by atoms with Crippen LogP contribution in [0.5, 0.6) is 0 Å². The van der Waals surface area contributed by atoms with E-state index in [4.69, 9.17) is 4.98 Å². The van der Waals surface area contributed by atoms with E-state index in [1.165, 1.54) is 48.4 Å². The van der Waals surface area contributed by atoms with Crippen LogP contribution in [0.1, 0.15) is 44.7 Å². The average Bonchev–Trinajstić information content (AvgIpc) is 3.16. The Morgan fingerprint density at radius 2 is 2.10 bits per heavy atom. The van der Waals surface area contributed by atoms with Crippen LogP contribution in [0, 0.1) is 0 Å². The normalized spacial score (nSPS) is 16.9. The Bertz CT molecular complexity index is 512. The molecule has 0 radical (unpaired) electrons. The molecule has 1 aliphatic rings. The van der Waals surface area contributed by atoms with Gasteiger partial charge in [0.15, 0.2) is 0 Å². The van der Waals surface area contributed by atoms with Gasteiger partial charge >= 0.3 is 0 Å². The molecule has 108 valence electrons. The summed E-state index contributed by atoms with van der Waals surface area (Å²) >= 11 is 3.52. The van der Waals surface area contributed by atoms with Crippen LogP contribution in [-0.4, -0.2) is 22.5 Å². The number of thiazole rings is 1. The third kappa shape index (κ3) is 3.30. The molecule has 0 unspecified atom stereocenters. The molecular formula is C16H22N2S2. The molecule has 1 aliphatic carbocycles. The van der Waals surface area contributed by atoms with Gasteiger partial charge in [-0.2, -0.15) is 11.3 Å². The van der Waals surface area contributed by atoms with E-state index in [0.29, 0.717) is 0 Å². The van der Waals surface area contributed by atoms with Crippen LogP contribution in [0.2, 0.25) is 0 Å². The summed E-state index contributed by atoms with van der Waals surface area (Å²) in [5, 5.41) is 7.71. The highest BCUT2D eigenvalue weighted by Crippen LogP contribution is 2.28. The summed E-state index contributed by atoms with van der Waals surface area (Å²) in [6.45, 7) is 4.43. The van der Waals surface area contributed by atoms with Gasteiger partial charge in [-0.1, -0.05) is 26.2 Å². The molecule has 2 heterocycles. The fourth-order valence-electron chi connectivity index (χ4n) is 3.05. The number of aromatic nitrogens is 1. The number of rotatable bonds is 5. The quantitative estimate of drug-likeness (QED) is 0.770. The van der Waals surface area contributed by atoms with Gasteiger partial charge in [0.2, 0.25) is 0 Å². The van der Waals surface area contributed by atoms with Gasteiger partial charge in [0.05, 0.1) is 5.69 Å². The first-order valence-electron chi connectivity index (χ1n) is 7.58. The lowest BCUT2D eigenvalue weighted by Gasteiger charge is -2.33. The maximum Gasteiger partial charge on any atom is 0.124 e. The molecule has 0 atom stereocenters. The van der Waals surface area contributed by atoms with Gasteiger partial charge in [0.25, 0.3) is 0 Å². The van der Waals surface area contributed by atoms with Gasteiger partial charge < -0.3 is 0 Å². The van der Waals surface area contributed by atoms with Crippen LogP contribution < -0.4 is 0 Å². The minimum atomic E-state index is 0.778. The molecule has 0 amide bonds. The van der Waals surface area contributed by atoms with Crippen molar-refractivity contribution in [3.8, 4) is 10.6 Å². The van der Waals surface area contributed by atoms with E-state index in [2.05, 4.69) is 34.0 Å². The fraction of sp³-hybridized carbons (Fsp3) is 0.562. The second-order valence-electron chi connectivity index (χ2n) is 5.51. The van der Waals surface area contributed by atoms with E-state index >= 15 is 0 Å². The van der Waals surface area contributed by atoms with E-state index in [9.17, 15) is 0 Å². The van der Waals surface area contributed by atoms with E-state index < -0.39 is 0 Å². The van der Waals surface area contributed by atoms with Crippen molar-refractivity contribution in [1.82, 2.24) is 9.88 Å². The van der Waals surface area contributed by atoms with Crippen LogP contribution in [0.3, 0.4) is 0 Å². The maximum absolute atomic E-state index is 4.82. The summed E-state index contributed by atoms with van der Waals surface area (Å²) in [5.74, 6) is 0. The van der Waals surface area contributed by atoms with Gasteiger partial charge in [-0.05, 0) is 30.8 Å². The van der Waals surface area contributed by atoms with Crippen molar-refractivity contribution in [2.45, 2.75) is 51.6 Å². The summed E-state index contributed by atoms with van der Waals surface area (Å²) in [6.07, 6.45) is 6.97. The van der Waals surface area contributed by atoms with Crippen LogP contribution in [0.25, 0.3) is 10.6 Å². The molecule has 2 nitrogen and oxygen atoms in total. The zero-order valence-corrected chi connectivity index (χ0v) is 13.7. The van der Waals surface area contributed by atoms with E-state index in [1.807, 2.05) is 0 Å². The third-order valence-corrected chi connectivity index (χ3v) is 5.81. The minimum absolute atomic E-state index is 0.778. The standard InChI is InChI=1S/C16H22N2S2/c1-2-18(15-6-4-3-5-7-15)10-14-12-20-16(17-14)13-8-9-19-11-13/h8-9,11-12,15H,2-7,10H2,1H3. The van der Waals surface area contributed by atoms with Gasteiger partial charge in [0, 0.05) is 28.9 Å². The Morgan fingerprint density at radius 3 is 2.80 bits per heavy atom. The molecule has 1 saturated carbocycles. The Morgan fingerprint density at radius 1 is 1.25 bits per heavy atom. The van der Waals surface area contributed by atoms with E-state index in [-0.39, 0.29) is 0 Å². The second-order valence-corrected chi connectivity index (χ2v) is 7.15. The van der Waals surface area contributed by atoms with E-state index in [0.717, 1.165) is 19.1 Å². The smallest absolute Gasteiger partial charge is 0.124 e. The zero-order chi connectivity index (χ0) is 13.8. The highest BCUT2D eigenvalue weighted by molar-refractivity contribution is 7.14. The maximum atomic E-state index is 4.82. The van der Waals surface area contributed by atoms with Gasteiger partial charge in [-0.3, -0.25) is 4.90 Å². The van der Waals surface area contributed by atoms with Crippen molar-refractivity contribution in [2.75, 3.05) is 6.54 Å². The van der Waals surface area contributed by atoms with Gasteiger partial charge in [-0.25, -0.2) is 4.98 Å². The summed E-state index contributed by atoms with van der Waals surface area (Å²) < 4.78 is 0. The Hall–Kier alpha value is -0.710. The van der Waals surface area contributed by atoms with Gasteiger partial charge in [-0.15, -0.1) is 11.3 Å². The van der Waals surface area contributed by atoms with Crippen molar-refractivity contribution < 1.29 is 0 Å². The van der Waals surface area contributed by atoms with Gasteiger partial charge in [0.1, 0.15) is 5.01 Å². The predicted octanol–water partition coefficient (Wildman–Crippen LogP) is 5.03. The molecule has 1 fully saturated rings. The fourth-order valence-corrected chi connectivity index (χ4v) is 4.57. The summed E-state index contributed by atoms with van der Waals surface area (Å²) in [7, 11) is 0. The molecule has 0 saturated heterocycles. The molecule has 4 heteroatoms. The number of nitrogens with zero attached hydrogens (tertiary/aromatic N) is 2. The largest absolute Gasteiger partial charge is 0.295 e. The van der Waals surface area contributed by atoms with Crippen molar-refractivity contribution in [3.63, 3.8) is 0 Å². The molecule has 0 spiro atoms. The highest BCUT2D eigenvalue weighted by atomic mass is 32.1. The monoisotopic (exact) mass is 306 g/mol. The lowest BCUT2D eigenvalue weighted by Crippen LogP contribution is -2.36. The topological polar surface area (TPSA) is 16.1 Å².